The number of halogens is 1. The molecule has 9 rings (SSSR count). The van der Waals surface area contributed by atoms with Crippen LogP contribution in [0.25, 0.3) is 0 Å². The largest absolute Gasteiger partial charge is 0.487 e. The van der Waals surface area contributed by atoms with Gasteiger partial charge < -0.3 is 19.4 Å². The number of aromatic nitrogens is 2. The summed E-state index contributed by atoms with van der Waals surface area (Å²) in [4.78, 5) is 68.7. The first kappa shape index (κ1) is 41.5. The minimum absolute atomic E-state index is 0.0972. The van der Waals surface area contributed by atoms with E-state index in [1.54, 1.807) is 18.2 Å². The Kier molecular flexibility index (Phi) is 11.2. The predicted molar refractivity (Wildman–Crippen MR) is 234 cm³/mol. The lowest BCUT2D eigenvalue weighted by Crippen LogP contribution is -2.54. The van der Waals surface area contributed by atoms with Crippen LogP contribution in [0.3, 0.4) is 0 Å². The Hall–Kier alpha value is -5.84. The molecule has 3 aromatic carbocycles. The molecule has 2 atom stereocenters. The van der Waals surface area contributed by atoms with Crippen molar-refractivity contribution < 1.29 is 23.9 Å². The van der Waals surface area contributed by atoms with Crippen LogP contribution in [0.5, 0.6) is 5.75 Å². The summed E-state index contributed by atoms with van der Waals surface area (Å²) in [5, 5.41) is 12.2. The summed E-state index contributed by atoms with van der Waals surface area (Å²) in [6.45, 7) is 11.4. The zero-order valence-corrected chi connectivity index (χ0v) is 36.0. The highest BCUT2D eigenvalue weighted by Gasteiger charge is 2.45. The molecule has 0 bridgehead atoms. The lowest BCUT2D eigenvalue weighted by molar-refractivity contribution is -0.136. The van der Waals surface area contributed by atoms with Crippen molar-refractivity contribution in [1.82, 2.24) is 25.1 Å². The second-order valence-corrected chi connectivity index (χ2v) is 18.7. The van der Waals surface area contributed by atoms with Gasteiger partial charge in [-0.1, -0.05) is 37.6 Å². The summed E-state index contributed by atoms with van der Waals surface area (Å²) in [6, 6.07) is 22.1. The first-order valence-electron chi connectivity index (χ1n) is 21.7. The molecular weight excluding hydrogens is 804 g/mol. The number of rotatable bonds is 10. The number of anilines is 2. The van der Waals surface area contributed by atoms with Crippen LogP contribution in [-0.4, -0.2) is 95.3 Å². The molecule has 4 aromatic rings. The molecule has 0 aliphatic carbocycles. The highest BCUT2D eigenvalue weighted by Crippen LogP contribution is 2.41. The maximum absolute atomic E-state index is 13.4. The lowest BCUT2D eigenvalue weighted by atomic mass is 9.72. The summed E-state index contributed by atoms with van der Waals surface area (Å²) in [5.41, 5.74) is 4.90. The maximum Gasteiger partial charge on any atom is 0.262 e. The van der Waals surface area contributed by atoms with Crippen molar-refractivity contribution in [3.63, 3.8) is 0 Å². The number of piperidine rings is 3. The number of hydrogen-bond acceptors (Lipinski definition) is 11. The van der Waals surface area contributed by atoms with Crippen LogP contribution in [0.1, 0.15) is 102 Å². The summed E-state index contributed by atoms with van der Waals surface area (Å²) in [7, 11) is 0. The van der Waals surface area contributed by atoms with Crippen molar-refractivity contribution in [2.75, 3.05) is 55.6 Å². The fourth-order valence-corrected chi connectivity index (χ4v) is 10.5. The molecule has 14 heteroatoms. The normalized spacial score (nSPS) is 21.6. The molecule has 4 saturated heterocycles. The fraction of sp³-hybridized carbons (Fsp3) is 0.438. The quantitative estimate of drug-likeness (QED) is 0.174. The number of likely N-dealkylation sites (tertiary alicyclic amines) is 1. The van der Waals surface area contributed by atoms with Crippen LogP contribution in [0, 0.1) is 22.7 Å². The van der Waals surface area contributed by atoms with Crippen molar-refractivity contribution >= 4 is 46.9 Å². The number of amides is 4. The van der Waals surface area contributed by atoms with E-state index in [4.69, 9.17) is 21.3 Å². The number of fused-ring (bicyclic) bond motifs is 1. The minimum atomic E-state index is -0.968. The highest BCUT2D eigenvalue weighted by molar-refractivity contribution is 6.30. The lowest BCUT2D eigenvalue weighted by Gasteiger charge is -2.48. The zero-order chi connectivity index (χ0) is 43.2. The third-order valence-corrected chi connectivity index (χ3v) is 14.1. The van der Waals surface area contributed by atoms with Gasteiger partial charge in [0.05, 0.1) is 28.5 Å². The van der Waals surface area contributed by atoms with Crippen molar-refractivity contribution in [3.05, 3.63) is 111 Å². The molecule has 320 valence electrons. The van der Waals surface area contributed by atoms with Gasteiger partial charge in [0.25, 0.3) is 11.8 Å². The summed E-state index contributed by atoms with van der Waals surface area (Å²) < 4.78 is 6.18. The third kappa shape index (κ3) is 8.26. The fourth-order valence-electron chi connectivity index (χ4n) is 10.2. The van der Waals surface area contributed by atoms with E-state index in [9.17, 15) is 24.4 Å². The molecule has 0 radical (unpaired) electrons. The number of nitrogens with zero attached hydrogens (tertiary/aromatic N) is 7. The van der Waals surface area contributed by atoms with E-state index in [1.165, 1.54) is 12.8 Å². The standard InChI is InChI=1S/C48H51ClN8O5/c1-47(2,34-22-32(26-50)23-35(49)24-34)33-4-7-38(8-5-33)62-29-36-12-17-51-46(52-36)55-20-15-48(16-21-55)14-3-18-54(30-48)27-31-13-19-56(28-31)37-6-9-39-40(25-37)45(61)57(44(39)60)41-10-11-42(58)53-43(41)59/h4-9,12,17,22-25,31,41H,3,10-11,13-16,18-21,27-30H2,1-2H3,(H,53,58,59). The van der Waals surface area contributed by atoms with E-state index >= 15 is 0 Å². The van der Waals surface area contributed by atoms with Gasteiger partial charge in [-0.15, -0.1) is 0 Å². The average molecular weight is 855 g/mol. The van der Waals surface area contributed by atoms with Crippen LogP contribution in [0.4, 0.5) is 11.6 Å². The van der Waals surface area contributed by atoms with E-state index in [-0.39, 0.29) is 29.6 Å². The monoisotopic (exact) mass is 854 g/mol. The smallest absolute Gasteiger partial charge is 0.262 e. The molecule has 2 unspecified atom stereocenters. The Bertz CT molecular complexity index is 2460. The maximum atomic E-state index is 13.4. The van der Waals surface area contributed by atoms with Gasteiger partial charge in [-0.2, -0.15) is 5.26 Å². The molecule has 5 aliphatic heterocycles. The van der Waals surface area contributed by atoms with Gasteiger partial charge in [-0.25, -0.2) is 9.97 Å². The predicted octanol–water partition coefficient (Wildman–Crippen LogP) is 6.52. The molecule has 1 N–H and O–H groups in total. The number of nitrogens with one attached hydrogen (secondary N) is 1. The zero-order valence-electron chi connectivity index (χ0n) is 35.2. The number of ether oxygens (including phenoxy) is 1. The summed E-state index contributed by atoms with van der Waals surface area (Å²) in [5.74, 6) is 0.0551. The second kappa shape index (κ2) is 16.8. The van der Waals surface area contributed by atoms with E-state index in [0.717, 1.165) is 104 Å². The topological polar surface area (TPSA) is 152 Å². The first-order valence-corrected chi connectivity index (χ1v) is 22.1. The van der Waals surface area contributed by atoms with Gasteiger partial charge >= 0.3 is 0 Å². The highest BCUT2D eigenvalue weighted by atomic mass is 35.5. The van der Waals surface area contributed by atoms with Gasteiger partial charge in [0, 0.05) is 68.0 Å². The molecule has 13 nitrogen and oxygen atoms in total. The van der Waals surface area contributed by atoms with E-state index in [0.29, 0.717) is 34.2 Å². The molecule has 0 saturated carbocycles. The van der Waals surface area contributed by atoms with E-state index in [1.807, 2.05) is 42.6 Å². The van der Waals surface area contributed by atoms with Crippen LogP contribution in [0.2, 0.25) is 5.02 Å². The van der Waals surface area contributed by atoms with Crippen LogP contribution < -0.4 is 19.9 Å². The molecular formula is C48H51ClN8O5. The SMILES string of the molecule is CC(C)(c1ccc(OCc2ccnc(N3CCC4(CCCN(CC5CCN(c6ccc7c(c6)C(=O)N(C6CCC(=O)NC6=O)C7=O)C5)C4)CC3)n2)cc1)c1cc(Cl)cc(C#N)c1. The Morgan fingerprint density at radius 2 is 1.68 bits per heavy atom. The number of imide groups is 2. The summed E-state index contributed by atoms with van der Waals surface area (Å²) >= 11 is 6.32. The summed E-state index contributed by atoms with van der Waals surface area (Å²) in [6.07, 6.45) is 7.72. The molecule has 4 amide bonds. The second-order valence-electron chi connectivity index (χ2n) is 18.2. The molecule has 62 heavy (non-hydrogen) atoms. The van der Waals surface area contributed by atoms with Gasteiger partial charge in [0.2, 0.25) is 17.8 Å². The Morgan fingerprint density at radius 3 is 2.45 bits per heavy atom. The van der Waals surface area contributed by atoms with Crippen molar-refractivity contribution in [2.45, 2.75) is 76.9 Å². The van der Waals surface area contributed by atoms with Crippen molar-refractivity contribution in [1.29, 1.82) is 5.26 Å². The Morgan fingerprint density at radius 1 is 0.887 bits per heavy atom. The molecule has 1 aromatic heterocycles. The number of benzene rings is 3. The van der Waals surface area contributed by atoms with Crippen LogP contribution in [0.15, 0.2) is 72.9 Å². The molecule has 6 heterocycles. The van der Waals surface area contributed by atoms with Crippen molar-refractivity contribution in [2.24, 2.45) is 11.3 Å². The van der Waals surface area contributed by atoms with Gasteiger partial charge in [0.1, 0.15) is 18.4 Å². The molecule has 4 fully saturated rings. The van der Waals surface area contributed by atoms with Crippen LogP contribution >= 0.6 is 11.6 Å². The van der Waals surface area contributed by atoms with E-state index < -0.39 is 23.8 Å². The van der Waals surface area contributed by atoms with Gasteiger partial charge in [-0.3, -0.25) is 29.4 Å². The first-order chi connectivity index (χ1) is 29.9. The van der Waals surface area contributed by atoms with Crippen molar-refractivity contribution in [3.8, 4) is 11.8 Å². The minimum Gasteiger partial charge on any atom is -0.487 e. The Balaban J connectivity index is 0.758. The number of nitriles is 1. The van der Waals surface area contributed by atoms with Crippen LogP contribution in [-0.2, 0) is 21.6 Å². The molecule has 1 spiro atoms. The van der Waals surface area contributed by atoms with Gasteiger partial charge in [0.15, 0.2) is 0 Å². The Labute approximate surface area is 367 Å². The number of carbonyl (C=O) groups excluding carboxylic acids is 4. The third-order valence-electron chi connectivity index (χ3n) is 13.8. The van der Waals surface area contributed by atoms with Gasteiger partial charge in [-0.05, 0) is 122 Å². The average Bonchev–Trinajstić information content (AvgIpc) is 3.84. The van der Waals surface area contributed by atoms with E-state index in [2.05, 4.69) is 57.0 Å². The number of hydrogen-bond donors (Lipinski definition) is 1. The number of carbonyl (C=O) groups is 4. The molecule has 5 aliphatic rings.